The topological polar surface area (TPSA) is 91.3 Å². The van der Waals surface area contributed by atoms with Gasteiger partial charge in [-0.2, -0.15) is 0 Å². The van der Waals surface area contributed by atoms with Gasteiger partial charge in [0.1, 0.15) is 5.01 Å². The molecule has 0 saturated heterocycles. The van der Waals surface area contributed by atoms with Crippen LogP contribution in [0.5, 0.6) is 0 Å². The van der Waals surface area contributed by atoms with Crippen molar-refractivity contribution in [1.82, 2.24) is 15.6 Å². The van der Waals surface area contributed by atoms with Gasteiger partial charge in [-0.05, 0) is 23.9 Å². The fourth-order valence-electron chi connectivity index (χ4n) is 1.45. The summed E-state index contributed by atoms with van der Waals surface area (Å²) < 4.78 is 0. The second kappa shape index (κ2) is 6.49. The number of urea groups is 1. The number of aryl methyl sites for hydroxylation is 1. The number of rotatable bonds is 5. The molecule has 2 aromatic rings. The number of carbonyl (C=O) groups excluding carboxylic acids is 1. The molecule has 2 amide bonds. The third-order valence-corrected chi connectivity index (χ3v) is 4.42. The molecule has 0 unspecified atom stereocenters. The van der Waals surface area contributed by atoms with Crippen molar-refractivity contribution in [3.63, 3.8) is 0 Å². The molecule has 0 saturated carbocycles. The van der Waals surface area contributed by atoms with Crippen LogP contribution in [0.25, 0.3) is 0 Å². The van der Waals surface area contributed by atoms with Gasteiger partial charge in [0, 0.05) is 10.3 Å². The van der Waals surface area contributed by atoms with E-state index in [0.717, 1.165) is 10.4 Å². The maximum absolute atomic E-state index is 11.6. The summed E-state index contributed by atoms with van der Waals surface area (Å²) in [7, 11) is 0. The van der Waals surface area contributed by atoms with Crippen molar-refractivity contribution in [3.05, 3.63) is 38.0 Å². The highest BCUT2D eigenvalue weighted by Gasteiger charge is 2.09. The van der Waals surface area contributed by atoms with Crippen LogP contribution in [0.15, 0.2) is 16.8 Å². The average Bonchev–Trinajstić information content (AvgIpc) is 3.03. The minimum Gasteiger partial charge on any atom is -0.476 e. The number of aromatic nitrogens is 1. The highest BCUT2D eigenvalue weighted by Crippen LogP contribution is 2.14. The van der Waals surface area contributed by atoms with E-state index >= 15 is 0 Å². The fourth-order valence-corrected chi connectivity index (χ4v) is 3.01. The molecule has 3 N–H and O–H groups in total. The van der Waals surface area contributed by atoms with Crippen molar-refractivity contribution in [1.29, 1.82) is 0 Å². The lowest BCUT2D eigenvalue weighted by Gasteiger charge is -2.05. The molecule has 2 aromatic heterocycles. The summed E-state index contributed by atoms with van der Waals surface area (Å²) in [4.78, 5) is 27.3. The van der Waals surface area contributed by atoms with Crippen LogP contribution in [0.2, 0.25) is 0 Å². The lowest BCUT2D eigenvalue weighted by Crippen LogP contribution is -2.34. The van der Waals surface area contributed by atoms with Gasteiger partial charge < -0.3 is 15.7 Å². The Morgan fingerprint density at radius 2 is 2.05 bits per heavy atom. The predicted molar refractivity (Wildman–Crippen MR) is 77.2 cm³/mol. The largest absolute Gasteiger partial charge is 0.476 e. The minimum atomic E-state index is -1.06. The van der Waals surface area contributed by atoms with Gasteiger partial charge in [-0.15, -0.1) is 22.7 Å². The Bertz CT molecular complexity index is 621. The SMILES string of the molecule is Cc1ccsc1CNC(=O)NCc1nc(C(=O)O)cs1. The highest BCUT2D eigenvalue weighted by atomic mass is 32.1. The Kier molecular flexibility index (Phi) is 4.70. The van der Waals surface area contributed by atoms with Gasteiger partial charge in [0.05, 0.1) is 13.1 Å². The first-order valence-electron chi connectivity index (χ1n) is 5.78. The molecule has 8 heteroatoms. The number of hydrogen-bond donors (Lipinski definition) is 3. The zero-order chi connectivity index (χ0) is 14.5. The summed E-state index contributed by atoms with van der Waals surface area (Å²) in [5.41, 5.74) is 1.16. The van der Waals surface area contributed by atoms with Crippen LogP contribution in [0.1, 0.15) is 25.9 Å². The molecule has 0 aromatic carbocycles. The summed E-state index contributed by atoms with van der Waals surface area (Å²) in [6.45, 7) is 2.69. The van der Waals surface area contributed by atoms with Crippen LogP contribution in [-0.2, 0) is 13.1 Å². The first-order valence-corrected chi connectivity index (χ1v) is 7.54. The molecular formula is C12H13N3O3S2. The van der Waals surface area contributed by atoms with E-state index in [4.69, 9.17) is 5.11 Å². The van der Waals surface area contributed by atoms with Crippen molar-refractivity contribution in [2.45, 2.75) is 20.0 Å². The first-order chi connectivity index (χ1) is 9.56. The monoisotopic (exact) mass is 311 g/mol. The molecule has 106 valence electrons. The smallest absolute Gasteiger partial charge is 0.355 e. The van der Waals surface area contributed by atoms with Gasteiger partial charge in [-0.1, -0.05) is 0 Å². The van der Waals surface area contributed by atoms with Crippen LogP contribution < -0.4 is 10.6 Å². The predicted octanol–water partition coefficient (Wildman–Crippen LogP) is 2.21. The maximum Gasteiger partial charge on any atom is 0.355 e. The molecule has 0 atom stereocenters. The van der Waals surface area contributed by atoms with Crippen LogP contribution in [0.4, 0.5) is 4.79 Å². The molecule has 0 bridgehead atoms. The molecule has 0 aliphatic carbocycles. The van der Waals surface area contributed by atoms with Crippen molar-refractivity contribution in [3.8, 4) is 0 Å². The van der Waals surface area contributed by atoms with Crippen LogP contribution in [-0.4, -0.2) is 22.1 Å². The molecule has 0 spiro atoms. The average molecular weight is 311 g/mol. The first kappa shape index (κ1) is 14.5. The minimum absolute atomic E-state index is 0.00131. The Hall–Kier alpha value is -1.93. The number of hydrogen-bond acceptors (Lipinski definition) is 5. The van der Waals surface area contributed by atoms with E-state index in [1.54, 1.807) is 11.3 Å². The van der Waals surface area contributed by atoms with E-state index in [1.807, 2.05) is 18.4 Å². The maximum atomic E-state index is 11.6. The fraction of sp³-hybridized carbons (Fsp3) is 0.250. The summed E-state index contributed by atoms with van der Waals surface area (Å²) in [6, 6.07) is 1.70. The van der Waals surface area contributed by atoms with E-state index in [0.29, 0.717) is 11.6 Å². The lowest BCUT2D eigenvalue weighted by molar-refractivity contribution is 0.0691. The number of carboxylic acids is 1. The van der Waals surface area contributed by atoms with E-state index in [-0.39, 0.29) is 18.3 Å². The van der Waals surface area contributed by atoms with Crippen molar-refractivity contribution >= 4 is 34.7 Å². The normalized spacial score (nSPS) is 10.2. The van der Waals surface area contributed by atoms with Crippen molar-refractivity contribution in [2.24, 2.45) is 0 Å². The Balaban J connectivity index is 1.77. The Labute approximate surface area is 123 Å². The van der Waals surface area contributed by atoms with Gasteiger partial charge in [0.2, 0.25) is 0 Å². The lowest BCUT2D eigenvalue weighted by atomic mass is 10.3. The summed E-state index contributed by atoms with van der Waals surface area (Å²) in [5.74, 6) is -1.06. The van der Waals surface area contributed by atoms with Crippen LogP contribution in [0.3, 0.4) is 0 Å². The standard InChI is InChI=1S/C12H13N3O3S2/c1-7-2-3-19-9(7)4-13-12(18)14-5-10-15-8(6-20-10)11(16)17/h2-3,6H,4-5H2,1H3,(H,16,17)(H2,13,14,18). The third kappa shape index (κ3) is 3.78. The number of thiazole rings is 1. The second-order valence-electron chi connectivity index (χ2n) is 3.99. The molecule has 0 fully saturated rings. The van der Waals surface area contributed by atoms with Gasteiger partial charge in [0.15, 0.2) is 5.69 Å². The molecule has 20 heavy (non-hydrogen) atoms. The van der Waals surface area contributed by atoms with Crippen LogP contribution >= 0.6 is 22.7 Å². The number of nitrogens with one attached hydrogen (secondary N) is 2. The number of amides is 2. The quantitative estimate of drug-likeness (QED) is 0.789. The zero-order valence-electron chi connectivity index (χ0n) is 10.7. The van der Waals surface area contributed by atoms with E-state index < -0.39 is 5.97 Å². The van der Waals surface area contributed by atoms with Crippen molar-refractivity contribution < 1.29 is 14.7 Å². The van der Waals surface area contributed by atoms with E-state index in [2.05, 4.69) is 15.6 Å². The van der Waals surface area contributed by atoms with Gasteiger partial charge in [-0.3, -0.25) is 0 Å². The van der Waals surface area contributed by atoms with Crippen molar-refractivity contribution in [2.75, 3.05) is 0 Å². The van der Waals surface area contributed by atoms with E-state index in [9.17, 15) is 9.59 Å². The molecule has 0 radical (unpaired) electrons. The van der Waals surface area contributed by atoms with Gasteiger partial charge in [0.25, 0.3) is 0 Å². The molecule has 0 aliphatic heterocycles. The van der Waals surface area contributed by atoms with Gasteiger partial charge >= 0.3 is 12.0 Å². The molecular weight excluding hydrogens is 298 g/mol. The number of nitrogens with zero attached hydrogens (tertiary/aromatic N) is 1. The zero-order valence-corrected chi connectivity index (χ0v) is 12.3. The van der Waals surface area contributed by atoms with Crippen LogP contribution in [0, 0.1) is 6.92 Å². The number of thiophene rings is 1. The Morgan fingerprint density at radius 3 is 2.65 bits per heavy atom. The number of aromatic carboxylic acids is 1. The van der Waals surface area contributed by atoms with E-state index in [1.165, 1.54) is 16.7 Å². The summed E-state index contributed by atoms with van der Waals surface area (Å²) in [6.07, 6.45) is 0. The number of carboxylic acid groups (broad SMARTS) is 1. The molecule has 0 aliphatic rings. The number of carbonyl (C=O) groups is 2. The molecule has 6 nitrogen and oxygen atoms in total. The third-order valence-electron chi connectivity index (χ3n) is 2.55. The molecule has 2 rings (SSSR count). The summed E-state index contributed by atoms with van der Waals surface area (Å²) >= 11 is 2.80. The second-order valence-corrected chi connectivity index (χ2v) is 5.94. The molecule has 2 heterocycles. The van der Waals surface area contributed by atoms with Gasteiger partial charge in [-0.25, -0.2) is 14.6 Å². The Morgan fingerprint density at radius 1 is 1.30 bits per heavy atom. The summed E-state index contributed by atoms with van der Waals surface area (Å²) in [5, 5.41) is 18.1. The highest BCUT2D eigenvalue weighted by molar-refractivity contribution is 7.10.